The number of fused-ring (bicyclic) bond motifs is 1. The van der Waals surface area contributed by atoms with Gasteiger partial charge in [0.2, 0.25) is 0 Å². The molecule has 0 aliphatic carbocycles. The Morgan fingerprint density at radius 3 is 2.94 bits per heavy atom. The van der Waals surface area contributed by atoms with Crippen molar-refractivity contribution in [2.75, 3.05) is 6.26 Å². The fourth-order valence-corrected chi connectivity index (χ4v) is 2.53. The number of nitrogens with one attached hydrogen (secondary N) is 1. The molecule has 0 saturated heterocycles. The number of nitrogens with zero attached hydrogens (tertiary/aromatic N) is 2. The Hall–Kier alpha value is -1.01. The third-order valence-electron chi connectivity index (χ3n) is 3.08. The Bertz CT molecular complexity index is 644. The van der Waals surface area contributed by atoms with Crippen molar-refractivity contribution in [3.8, 4) is 0 Å². The van der Waals surface area contributed by atoms with Crippen molar-refractivity contribution in [3.05, 3.63) is 22.6 Å². The van der Waals surface area contributed by atoms with Crippen LogP contribution < -0.4 is 0 Å². The Labute approximate surface area is 114 Å². The van der Waals surface area contributed by atoms with Crippen LogP contribution in [-0.2, 0) is 17.3 Å². The predicted octanol–water partition coefficient (Wildman–Crippen LogP) is 2.56. The summed E-state index contributed by atoms with van der Waals surface area (Å²) >= 11 is 5.31. The Balaban J connectivity index is 2.32. The monoisotopic (exact) mass is 283 g/mol. The van der Waals surface area contributed by atoms with E-state index in [1.807, 2.05) is 30.5 Å². The minimum Gasteiger partial charge on any atom is -0.329 e. The zero-order chi connectivity index (χ0) is 13.3. The van der Waals surface area contributed by atoms with Gasteiger partial charge in [-0.3, -0.25) is 4.21 Å². The molecule has 0 bridgehead atoms. The number of pyridine rings is 1. The summed E-state index contributed by atoms with van der Waals surface area (Å²) in [6.45, 7) is 4.70. The predicted molar refractivity (Wildman–Crippen MR) is 77.8 cm³/mol. The second kappa shape index (κ2) is 5.32. The van der Waals surface area contributed by atoms with E-state index in [2.05, 4.69) is 9.97 Å². The molecule has 0 aliphatic heterocycles. The fourth-order valence-electron chi connectivity index (χ4n) is 1.81. The molecule has 0 amide bonds. The van der Waals surface area contributed by atoms with E-state index in [0.29, 0.717) is 4.77 Å². The van der Waals surface area contributed by atoms with Gasteiger partial charge in [-0.15, -0.1) is 0 Å². The first-order chi connectivity index (χ1) is 8.49. The number of hydrogen-bond donors (Lipinski definition) is 1. The molecule has 0 radical (unpaired) electrons. The Morgan fingerprint density at radius 1 is 1.56 bits per heavy atom. The van der Waals surface area contributed by atoms with Gasteiger partial charge in [-0.1, -0.05) is 6.92 Å². The highest BCUT2D eigenvalue weighted by Gasteiger charge is 2.10. The smallest absolute Gasteiger partial charge is 0.179 e. The van der Waals surface area contributed by atoms with E-state index < -0.39 is 10.8 Å². The number of hydrogen-bond acceptors (Lipinski definition) is 3. The van der Waals surface area contributed by atoms with Crippen molar-refractivity contribution >= 4 is 34.2 Å². The number of aromatic nitrogens is 3. The van der Waals surface area contributed by atoms with Crippen molar-refractivity contribution in [1.82, 2.24) is 14.5 Å². The number of H-pyrrole nitrogens is 1. The maximum atomic E-state index is 11.4. The maximum absolute atomic E-state index is 11.4. The zero-order valence-corrected chi connectivity index (χ0v) is 12.4. The van der Waals surface area contributed by atoms with Crippen LogP contribution in [0.3, 0.4) is 0 Å². The van der Waals surface area contributed by atoms with Crippen LogP contribution in [0.4, 0.5) is 0 Å². The van der Waals surface area contributed by atoms with Crippen LogP contribution in [0.25, 0.3) is 11.2 Å². The van der Waals surface area contributed by atoms with E-state index in [0.717, 1.165) is 29.8 Å². The molecule has 2 aromatic rings. The maximum Gasteiger partial charge on any atom is 0.179 e. The summed E-state index contributed by atoms with van der Waals surface area (Å²) in [6.07, 6.45) is 2.57. The Kier molecular flexibility index (Phi) is 3.97. The van der Waals surface area contributed by atoms with Gasteiger partial charge in [0, 0.05) is 34.5 Å². The highest BCUT2D eigenvalue weighted by molar-refractivity contribution is 7.84. The Morgan fingerprint density at radius 2 is 2.28 bits per heavy atom. The first-order valence-electron chi connectivity index (χ1n) is 5.87. The standard InChI is InChI=1S/C12H17N3OS2/c1-8-4-5-10-11(13-8)15(12(17)14-10)7-6-9(2)18(3)16/h4-5,9H,6-7H2,1-3H3,(H,14,17). The van der Waals surface area contributed by atoms with Gasteiger partial charge in [-0.05, 0) is 37.7 Å². The summed E-state index contributed by atoms with van der Waals surface area (Å²) in [5.41, 5.74) is 2.81. The molecule has 6 heteroatoms. The summed E-state index contributed by atoms with van der Waals surface area (Å²) in [7, 11) is -0.795. The average molecular weight is 283 g/mol. The minimum absolute atomic E-state index is 0.168. The average Bonchev–Trinajstić information content (AvgIpc) is 2.61. The molecular weight excluding hydrogens is 266 g/mol. The van der Waals surface area contributed by atoms with Gasteiger partial charge in [-0.2, -0.15) is 0 Å². The lowest BCUT2D eigenvalue weighted by molar-refractivity contribution is 0.622. The van der Waals surface area contributed by atoms with E-state index >= 15 is 0 Å². The van der Waals surface area contributed by atoms with Crippen LogP contribution in [0.1, 0.15) is 19.0 Å². The second-order valence-corrected chi connectivity index (χ2v) is 6.69. The summed E-state index contributed by atoms with van der Waals surface area (Å²) in [5, 5.41) is 0.168. The number of imidazole rings is 1. The highest BCUT2D eigenvalue weighted by Crippen LogP contribution is 2.14. The largest absolute Gasteiger partial charge is 0.329 e. The second-order valence-electron chi connectivity index (χ2n) is 4.50. The number of aromatic amines is 1. The lowest BCUT2D eigenvalue weighted by Gasteiger charge is -2.09. The van der Waals surface area contributed by atoms with Crippen LogP contribution in [0.5, 0.6) is 0 Å². The molecule has 2 aromatic heterocycles. The molecule has 2 rings (SSSR count). The summed E-state index contributed by atoms with van der Waals surface area (Å²) in [4.78, 5) is 7.66. The van der Waals surface area contributed by atoms with Crippen molar-refractivity contribution in [3.63, 3.8) is 0 Å². The van der Waals surface area contributed by atoms with Crippen molar-refractivity contribution in [2.45, 2.75) is 32.1 Å². The lowest BCUT2D eigenvalue weighted by Crippen LogP contribution is -2.13. The minimum atomic E-state index is -0.795. The van der Waals surface area contributed by atoms with Crippen LogP contribution in [-0.4, -0.2) is 30.2 Å². The zero-order valence-electron chi connectivity index (χ0n) is 10.8. The van der Waals surface area contributed by atoms with Gasteiger partial charge < -0.3 is 9.55 Å². The van der Waals surface area contributed by atoms with Crippen molar-refractivity contribution < 1.29 is 4.21 Å². The van der Waals surface area contributed by atoms with Gasteiger partial charge in [0.15, 0.2) is 10.4 Å². The third-order valence-corrected chi connectivity index (χ3v) is 4.77. The van der Waals surface area contributed by atoms with Gasteiger partial charge >= 0.3 is 0 Å². The quantitative estimate of drug-likeness (QED) is 0.877. The normalized spacial score (nSPS) is 14.8. The fraction of sp³-hybridized carbons (Fsp3) is 0.500. The van der Waals surface area contributed by atoms with Crippen LogP contribution in [0.2, 0.25) is 0 Å². The highest BCUT2D eigenvalue weighted by atomic mass is 32.2. The van der Waals surface area contributed by atoms with E-state index in [1.165, 1.54) is 0 Å². The molecule has 2 heterocycles. The van der Waals surface area contributed by atoms with Gasteiger partial charge in [0.1, 0.15) is 0 Å². The molecule has 0 aliphatic rings. The molecule has 18 heavy (non-hydrogen) atoms. The van der Waals surface area contributed by atoms with Crippen molar-refractivity contribution in [2.24, 2.45) is 0 Å². The van der Waals surface area contributed by atoms with E-state index in [1.54, 1.807) is 6.26 Å². The van der Waals surface area contributed by atoms with Crippen LogP contribution in [0.15, 0.2) is 12.1 Å². The summed E-state index contributed by atoms with van der Waals surface area (Å²) in [6, 6.07) is 3.95. The molecule has 0 saturated carbocycles. The summed E-state index contributed by atoms with van der Waals surface area (Å²) in [5.74, 6) is 0. The molecule has 2 atom stereocenters. The molecule has 98 valence electrons. The molecule has 0 aromatic carbocycles. The van der Waals surface area contributed by atoms with Crippen LogP contribution >= 0.6 is 12.2 Å². The third kappa shape index (κ3) is 2.70. The molecule has 0 spiro atoms. The van der Waals surface area contributed by atoms with Crippen LogP contribution in [0, 0.1) is 11.7 Å². The first-order valence-corrected chi connectivity index (χ1v) is 7.90. The number of rotatable bonds is 4. The topological polar surface area (TPSA) is 50.7 Å². The molecule has 2 unspecified atom stereocenters. The van der Waals surface area contributed by atoms with E-state index in [-0.39, 0.29) is 5.25 Å². The molecule has 1 N–H and O–H groups in total. The SMILES string of the molecule is Cc1ccc2[nH]c(=S)n(CCC(C)S(C)=O)c2n1. The molecule has 0 fully saturated rings. The lowest BCUT2D eigenvalue weighted by atomic mass is 10.3. The first kappa shape index (κ1) is 13.4. The molecular formula is C12H17N3OS2. The van der Waals surface area contributed by atoms with E-state index in [9.17, 15) is 4.21 Å². The van der Waals surface area contributed by atoms with Gasteiger partial charge in [0.05, 0.1) is 5.52 Å². The summed E-state index contributed by atoms with van der Waals surface area (Å²) < 4.78 is 14.0. The van der Waals surface area contributed by atoms with Crippen molar-refractivity contribution in [1.29, 1.82) is 0 Å². The van der Waals surface area contributed by atoms with E-state index in [4.69, 9.17) is 12.2 Å². The molecule has 4 nitrogen and oxygen atoms in total. The van der Waals surface area contributed by atoms with Gasteiger partial charge in [-0.25, -0.2) is 4.98 Å². The van der Waals surface area contributed by atoms with Gasteiger partial charge in [0.25, 0.3) is 0 Å². The number of aryl methyl sites for hydroxylation is 2.